The molecule has 15 heteroatoms. The number of nitrogens with one attached hydrogen (secondary N) is 1. The summed E-state index contributed by atoms with van der Waals surface area (Å²) in [6.07, 6.45) is -3.02. The molecule has 0 aromatic heterocycles. The van der Waals surface area contributed by atoms with Gasteiger partial charge in [0.15, 0.2) is 18.3 Å². The first kappa shape index (κ1) is 35.0. The Morgan fingerprint density at radius 2 is 1.56 bits per heavy atom. The molecule has 0 aliphatic carbocycles. The van der Waals surface area contributed by atoms with Gasteiger partial charge in [0.1, 0.15) is 12.4 Å². The van der Waals surface area contributed by atoms with Gasteiger partial charge in [0.2, 0.25) is 12.4 Å². The first-order valence-electron chi connectivity index (χ1n) is 13.0. The molecular weight excluding hydrogens is 574 g/mol. The maximum absolute atomic E-state index is 13.1. The summed E-state index contributed by atoms with van der Waals surface area (Å²) in [6, 6.07) is 4.16. The molecule has 0 spiro atoms. The van der Waals surface area contributed by atoms with Crippen LogP contribution in [-0.2, 0) is 58.9 Å². The largest absolute Gasteiger partial charge is 0.467 e. The molecule has 1 aliphatic rings. The fraction of sp³-hybridized carbons (Fsp3) is 0.536. The number of amides is 1. The number of aliphatic hydroxyl groups excluding tert-OH is 1. The Balaban J connectivity index is 2.37. The molecule has 0 saturated carbocycles. The van der Waals surface area contributed by atoms with Crippen LogP contribution >= 0.6 is 0 Å². The van der Waals surface area contributed by atoms with Crippen LogP contribution in [0.15, 0.2) is 18.2 Å². The van der Waals surface area contributed by atoms with Gasteiger partial charge in [-0.05, 0) is 17.7 Å². The van der Waals surface area contributed by atoms with E-state index in [4.69, 9.17) is 44.3 Å². The minimum absolute atomic E-state index is 0.0603. The molecule has 0 unspecified atom stereocenters. The molecule has 236 valence electrons. The lowest BCUT2D eigenvalue weighted by Crippen LogP contribution is -2.64. The topological polar surface area (TPSA) is 191 Å². The van der Waals surface area contributed by atoms with Crippen molar-refractivity contribution in [2.75, 3.05) is 40.1 Å². The van der Waals surface area contributed by atoms with E-state index in [2.05, 4.69) is 11.2 Å². The Morgan fingerprint density at radius 1 is 0.930 bits per heavy atom. The predicted molar refractivity (Wildman–Crippen MR) is 143 cm³/mol. The van der Waals surface area contributed by atoms with E-state index >= 15 is 0 Å². The maximum Gasteiger partial charge on any atom is 0.339 e. The van der Waals surface area contributed by atoms with Gasteiger partial charge >= 0.3 is 23.9 Å². The molecule has 1 aromatic rings. The summed E-state index contributed by atoms with van der Waals surface area (Å²) >= 11 is 0. The molecule has 1 fully saturated rings. The van der Waals surface area contributed by atoms with E-state index in [1.807, 2.05) is 0 Å². The van der Waals surface area contributed by atoms with Gasteiger partial charge in [0.25, 0.3) is 5.91 Å². The first-order valence-corrected chi connectivity index (χ1v) is 13.0. The second kappa shape index (κ2) is 17.7. The molecule has 1 aromatic carbocycles. The molecule has 1 saturated heterocycles. The number of hydrogen-bond donors (Lipinski definition) is 2. The Kier molecular flexibility index (Phi) is 14.4. The third-order valence-electron chi connectivity index (χ3n) is 5.64. The van der Waals surface area contributed by atoms with Crippen molar-refractivity contribution in [1.82, 2.24) is 5.32 Å². The van der Waals surface area contributed by atoms with Crippen molar-refractivity contribution in [3.63, 3.8) is 0 Å². The molecule has 2 N–H and O–H groups in total. The number of methoxy groups -OCH3 is 1. The molecule has 1 heterocycles. The van der Waals surface area contributed by atoms with Gasteiger partial charge in [-0.2, -0.15) is 0 Å². The lowest BCUT2D eigenvalue weighted by Gasteiger charge is -2.43. The summed E-state index contributed by atoms with van der Waals surface area (Å²) in [5.74, 6) is -2.00. The SMILES string of the molecule is C#CCOCCOCCNC(=O)c1cc(CO)ccc1O[C@@H]1O[C@H](C(=O)OC)[C@@H](OC(C)=O)[C@H](OC(C)=O)[C@H]1OC(C)=O. The highest BCUT2D eigenvalue weighted by Crippen LogP contribution is 2.32. The van der Waals surface area contributed by atoms with E-state index in [-0.39, 0.29) is 44.3 Å². The number of aliphatic hydroxyl groups is 1. The number of carbonyl (C=O) groups excluding carboxylic acids is 5. The van der Waals surface area contributed by atoms with E-state index in [0.29, 0.717) is 5.56 Å². The Morgan fingerprint density at radius 3 is 2.16 bits per heavy atom. The molecular formula is C28H35NO14. The Bertz CT molecular complexity index is 1180. The maximum atomic E-state index is 13.1. The summed E-state index contributed by atoms with van der Waals surface area (Å²) in [5.41, 5.74) is 0.301. The van der Waals surface area contributed by atoms with Gasteiger partial charge in [-0.25, -0.2) is 4.79 Å². The predicted octanol–water partition coefficient (Wildman–Crippen LogP) is -0.353. The molecule has 5 atom stereocenters. The Labute approximate surface area is 248 Å². The van der Waals surface area contributed by atoms with Crippen LogP contribution in [0.3, 0.4) is 0 Å². The number of carbonyl (C=O) groups is 5. The summed E-state index contributed by atoms with van der Waals surface area (Å²) in [5, 5.41) is 12.3. The van der Waals surface area contributed by atoms with E-state index in [9.17, 15) is 29.1 Å². The average Bonchev–Trinajstić information content (AvgIpc) is 2.96. The summed E-state index contributed by atoms with van der Waals surface area (Å²) in [4.78, 5) is 61.7. The van der Waals surface area contributed by atoms with E-state index < -0.39 is 67.1 Å². The van der Waals surface area contributed by atoms with Gasteiger partial charge in [0, 0.05) is 27.3 Å². The van der Waals surface area contributed by atoms with E-state index in [0.717, 1.165) is 27.9 Å². The molecule has 15 nitrogen and oxygen atoms in total. The van der Waals surface area contributed by atoms with Crippen LogP contribution in [0.4, 0.5) is 0 Å². The molecule has 1 amide bonds. The second-order valence-electron chi connectivity index (χ2n) is 8.90. The zero-order chi connectivity index (χ0) is 31.9. The van der Waals surface area contributed by atoms with Crippen LogP contribution in [0.25, 0.3) is 0 Å². The van der Waals surface area contributed by atoms with Crippen LogP contribution in [0.2, 0.25) is 0 Å². The van der Waals surface area contributed by atoms with Crippen LogP contribution in [0, 0.1) is 12.3 Å². The van der Waals surface area contributed by atoms with Crippen molar-refractivity contribution in [1.29, 1.82) is 0 Å². The molecule has 2 rings (SSSR count). The highest BCUT2D eigenvalue weighted by atomic mass is 16.7. The third-order valence-corrected chi connectivity index (χ3v) is 5.64. The fourth-order valence-electron chi connectivity index (χ4n) is 3.94. The van der Waals surface area contributed by atoms with E-state index in [1.54, 1.807) is 0 Å². The molecule has 43 heavy (non-hydrogen) atoms. The summed E-state index contributed by atoms with van der Waals surface area (Å²) in [7, 11) is 1.05. The van der Waals surface area contributed by atoms with Crippen molar-refractivity contribution in [3.05, 3.63) is 29.3 Å². The standard InChI is InChI=1S/C28H35NO14/c1-6-10-37-12-13-38-11-9-29-26(34)20-14-19(15-30)7-8-21(20)42-28-25(41-18(4)33)23(40-17(3)32)22(39-16(2)31)24(43-28)27(35)36-5/h1,7-8,14,22-25,28,30H,9-13,15H2,2-5H3,(H,29,34)/t22-,23-,24-,25+,28+/m0/s1. The number of rotatable bonds is 15. The zero-order valence-corrected chi connectivity index (χ0v) is 24.2. The van der Waals surface area contributed by atoms with Gasteiger partial charge in [0.05, 0.1) is 39.1 Å². The smallest absolute Gasteiger partial charge is 0.339 e. The lowest BCUT2D eigenvalue weighted by atomic mass is 9.97. The normalized spacial score (nSPS) is 21.1. The van der Waals surface area contributed by atoms with Crippen LogP contribution in [-0.4, -0.2) is 106 Å². The average molecular weight is 610 g/mol. The van der Waals surface area contributed by atoms with E-state index in [1.165, 1.54) is 18.2 Å². The molecule has 0 radical (unpaired) electrons. The Hall–Kier alpha value is -4.23. The van der Waals surface area contributed by atoms with Crippen molar-refractivity contribution in [2.45, 2.75) is 58.1 Å². The zero-order valence-electron chi connectivity index (χ0n) is 24.2. The fourth-order valence-corrected chi connectivity index (χ4v) is 3.94. The molecule has 1 aliphatic heterocycles. The number of benzene rings is 1. The number of hydrogen-bond acceptors (Lipinski definition) is 14. The number of terminal acetylenes is 1. The summed E-state index contributed by atoms with van der Waals surface area (Å²) < 4.78 is 42.8. The van der Waals surface area contributed by atoms with Gasteiger partial charge in [-0.15, -0.1) is 6.42 Å². The van der Waals surface area contributed by atoms with Crippen molar-refractivity contribution < 1.29 is 67.0 Å². The summed E-state index contributed by atoms with van der Waals surface area (Å²) in [6.45, 7) is 3.68. The second-order valence-corrected chi connectivity index (χ2v) is 8.90. The highest BCUT2D eigenvalue weighted by molar-refractivity contribution is 5.97. The van der Waals surface area contributed by atoms with Crippen molar-refractivity contribution >= 4 is 29.8 Å². The van der Waals surface area contributed by atoms with Crippen molar-refractivity contribution in [2.24, 2.45) is 0 Å². The van der Waals surface area contributed by atoms with Crippen LogP contribution in [0.5, 0.6) is 5.75 Å². The quantitative estimate of drug-likeness (QED) is 0.113. The van der Waals surface area contributed by atoms with Crippen LogP contribution in [0.1, 0.15) is 36.7 Å². The lowest BCUT2D eigenvalue weighted by molar-refractivity contribution is -0.282. The number of esters is 4. The first-order chi connectivity index (χ1) is 20.5. The molecule has 0 bridgehead atoms. The minimum Gasteiger partial charge on any atom is -0.467 e. The third kappa shape index (κ3) is 10.8. The van der Waals surface area contributed by atoms with Gasteiger partial charge in [-0.3, -0.25) is 19.2 Å². The van der Waals surface area contributed by atoms with Gasteiger partial charge in [-0.1, -0.05) is 12.0 Å². The minimum atomic E-state index is -1.69. The number of ether oxygens (including phenoxy) is 8. The van der Waals surface area contributed by atoms with Crippen LogP contribution < -0.4 is 10.1 Å². The monoisotopic (exact) mass is 609 g/mol. The highest BCUT2D eigenvalue weighted by Gasteiger charge is 2.56. The van der Waals surface area contributed by atoms with Crippen molar-refractivity contribution in [3.8, 4) is 18.1 Å². The van der Waals surface area contributed by atoms with Gasteiger partial charge < -0.3 is 48.3 Å².